The number of hydrogen-bond acceptors (Lipinski definition) is 6. The number of nitrogens with one attached hydrogen (secondary N) is 1. The molecule has 0 bridgehead atoms. The first-order valence-corrected chi connectivity index (χ1v) is 7.43. The fourth-order valence-electron chi connectivity index (χ4n) is 2.21. The predicted molar refractivity (Wildman–Crippen MR) is 89.6 cm³/mol. The molecule has 8 nitrogen and oxygen atoms in total. The number of esters is 1. The maximum atomic E-state index is 12.4. The molecular formula is C17H15N5O3. The van der Waals surface area contributed by atoms with Crippen LogP contribution in [0.15, 0.2) is 48.7 Å². The van der Waals surface area contributed by atoms with E-state index in [0.717, 1.165) is 5.69 Å². The quantitative estimate of drug-likeness (QED) is 0.731. The Morgan fingerprint density at radius 3 is 2.64 bits per heavy atom. The molecule has 0 aliphatic rings. The number of aromatic nitrogens is 4. The van der Waals surface area contributed by atoms with E-state index < -0.39 is 5.97 Å². The highest BCUT2D eigenvalue weighted by Crippen LogP contribution is 2.20. The van der Waals surface area contributed by atoms with E-state index in [-0.39, 0.29) is 11.6 Å². The molecule has 25 heavy (non-hydrogen) atoms. The molecule has 0 atom stereocenters. The number of aryl methyl sites for hydroxylation is 1. The van der Waals surface area contributed by atoms with Crippen LogP contribution in [0.3, 0.4) is 0 Å². The van der Waals surface area contributed by atoms with E-state index in [1.165, 1.54) is 18.0 Å². The van der Waals surface area contributed by atoms with Crippen molar-refractivity contribution in [2.45, 2.75) is 6.92 Å². The van der Waals surface area contributed by atoms with Gasteiger partial charge < -0.3 is 10.1 Å². The number of hydrogen-bond donors (Lipinski definition) is 1. The van der Waals surface area contributed by atoms with Crippen LogP contribution in [0.1, 0.15) is 26.7 Å². The van der Waals surface area contributed by atoms with E-state index in [2.05, 4.69) is 25.3 Å². The molecule has 1 aromatic carbocycles. The molecule has 3 aromatic rings. The van der Waals surface area contributed by atoms with Crippen LogP contribution in [-0.4, -0.2) is 39.0 Å². The van der Waals surface area contributed by atoms with E-state index in [4.69, 9.17) is 0 Å². The number of ether oxygens (including phenoxy) is 1. The lowest BCUT2D eigenvalue weighted by atomic mass is 10.2. The molecule has 0 aliphatic heterocycles. The third kappa shape index (κ3) is 3.52. The first-order chi connectivity index (χ1) is 12.1. The first-order valence-electron chi connectivity index (χ1n) is 7.43. The van der Waals surface area contributed by atoms with Gasteiger partial charge in [0.1, 0.15) is 5.69 Å². The molecule has 8 heteroatoms. The molecule has 0 radical (unpaired) electrons. The number of rotatable bonds is 4. The Bertz CT molecular complexity index is 935. The Hall–Kier alpha value is -3.55. The fourth-order valence-corrected chi connectivity index (χ4v) is 2.21. The minimum atomic E-state index is -0.586. The van der Waals surface area contributed by atoms with Gasteiger partial charge in [-0.1, -0.05) is 23.4 Å². The summed E-state index contributed by atoms with van der Waals surface area (Å²) < 4.78 is 6.01. The number of pyridine rings is 1. The lowest BCUT2D eigenvalue weighted by Crippen LogP contribution is -2.15. The van der Waals surface area contributed by atoms with Crippen LogP contribution in [0, 0.1) is 6.92 Å². The molecule has 0 unspecified atom stereocenters. The summed E-state index contributed by atoms with van der Waals surface area (Å²) in [4.78, 5) is 28.1. The number of nitrogens with zero attached hydrogens (tertiary/aromatic N) is 4. The smallest absolute Gasteiger partial charge is 0.360 e. The second-order valence-electron chi connectivity index (χ2n) is 5.18. The van der Waals surface area contributed by atoms with Crippen molar-refractivity contribution < 1.29 is 14.3 Å². The Morgan fingerprint density at radius 2 is 1.88 bits per heavy atom. The molecule has 3 rings (SSSR count). The second-order valence-corrected chi connectivity index (χ2v) is 5.18. The summed E-state index contributed by atoms with van der Waals surface area (Å²) in [5.74, 6) is -0.929. The highest BCUT2D eigenvalue weighted by Gasteiger charge is 2.15. The molecule has 0 spiro atoms. The number of benzene rings is 1. The maximum absolute atomic E-state index is 12.4. The molecule has 1 N–H and O–H groups in total. The van der Waals surface area contributed by atoms with Gasteiger partial charge in [0, 0.05) is 5.69 Å². The van der Waals surface area contributed by atoms with Gasteiger partial charge in [-0.25, -0.2) is 14.5 Å². The highest BCUT2D eigenvalue weighted by atomic mass is 16.5. The second kappa shape index (κ2) is 6.91. The summed E-state index contributed by atoms with van der Waals surface area (Å²) in [6.45, 7) is 1.81. The maximum Gasteiger partial charge on any atom is 0.360 e. The molecule has 2 heterocycles. The van der Waals surface area contributed by atoms with Crippen LogP contribution in [0.2, 0.25) is 0 Å². The average molecular weight is 337 g/mol. The van der Waals surface area contributed by atoms with Gasteiger partial charge in [-0.05, 0) is 31.2 Å². The SMILES string of the molecule is COC(=O)c1cn(-c2ccccc2NC(=O)c2cccc(C)n2)nn1. The van der Waals surface area contributed by atoms with E-state index in [1.54, 1.807) is 36.4 Å². The Morgan fingerprint density at radius 1 is 1.08 bits per heavy atom. The molecular weight excluding hydrogens is 322 g/mol. The zero-order valence-electron chi connectivity index (χ0n) is 13.6. The van der Waals surface area contributed by atoms with Crippen molar-refractivity contribution in [2.75, 3.05) is 12.4 Å². The number of carbonyl (C=O) groups is 2. The zero-order valence-corrected chi connectivity index (χ0v) is 13.6. The van der Waals surface area contributed by atoms with Crippen LogP contribution >= 0.6 is 0 Å². The topological polar surface area (TPSA) is 99.0 Å². The summed E-state index contributed by atoms with van der Waals surface area (Å²) in [5, 5.41) is 10.5. The summed E-state index contributed by atoms with van der Waals surface area (Å²) in [7, 11) is 1.27. The molecule has 2 aromatic heterocycles. The predicted octanol–water partition coefficient (Wildman–Crippen LogP) is 2.01. The Kier molecular flexibility index (Phi) is 4.51. The first kappa shape index (κ1) is 16.3. The molecule has 0 fully saturated rings. The van der Waals surface area contributed by atoms with Gasteiger partial charge in [-0.2, -0.15) is 0 Å². The molecule has 0 saturated carbocycles. The summed E-state index contributed by atoms with van der Waals surface area (Å²) in [6.07, 6.45) is 1.43. The van der Waals surface area contributed by atoms with Crippen molar-refractivity contribution in [3.8, 4) is 5.69 Å². The highest BCUT2D eigenvalue weighted by molar-refractivity contribution is 6.04. The number of methoxy groups -OCH3 is 1. The zero-order chi connectivity index (χ0) is 17.8. The average Bonchev–Trinajstić information content (AvgIpc) is 3.11. The summed E-state index contributed by atoms with van der Waals surface area (Å²) in [5.41, 5.74) is 2.20. The number of anilines is 1. The minimum absolute atomic E-state index is 0.0731. The van der Waals surface area contributed by atoms with Gasteiger partial charge >= 0.3 is 5.97 Å². The number of amides is 1. The molecule has 0 saturated heterocycles. The third-order valence-corrected chi connectivity index (χ3v) is 3.41. The largest absolute Gasteiger partial charge is 0.464 e. The standard InChI is InChI=1S/C17H15N5O3/c1-11-6-5-8-13(18-11)16(23)19-12-7-3-4-9-15(12)22-10-14(20-21-22)17(24)25-2/h3-10H,1-2H3,(H,19,23). The Labute approximate surface area is 143 Å². The van der Waals surface area contributed by atoms with Crippen molar-refractivity contribution in [1.29, 1.82) is 0 Å². The number of para-hydroxylation sites is 2. The van der Waals surface area contributed by atoms with Crippen LogP contribution in [0.25, 0.3) is 5.69 Å². The van der Waals surface area contributed by atoms with Crippen molar-refractivity contribution in [1.82, 2.24) is 20.0 Å². The normalized spacial score (nSPS) is 10.3. The van der Waals surface area contributed by atoms with E-state index in [0.29, 0.717) is 17.1 Å². The fraction of sp³-hybridized carbons (Fsp3) is 0.118. The van der Waals surface area contributed by atoms with Gasteiger partial charge in [-0.3, -0.25) is 4.79 Å². The molecule has 1 amide bonds. The van der Waals surface area contributed by atoms with Gasteiger partial charge in [0.05, 0.1) is 24.7 Å². The van der Waals surface area contributed by atoms with Crippen molar-refractivity contribution in [3.63, 3.8) is 0 Å². The van der Waals surface area contributed by atoms with Gasteiger partial charge in [0.25, 0.3) is 5.91 Å². The van der Waals surface area contributed by atoms with Gasteiger partial charge in [0.15, 0.2) is 5.69 Å². The molecule has 126 valence electrons. The van der Waals surface area contributed by atoms with Crippen molar-refractivity contribution >= 4 is 17.6 Å². The lowest BCUT2D eigenvalue weighted by molar-refractivity contribution is 0.0593. The lowest BCUT2D eigenvalue weighted by Gasteiger charge is -2.10. The van der Waals surface area contributed by atoms with Gasteiger partial charge in [0.2, 0.25) is 0 Å². The van der Waals surface area contributed by atoms with E-state index in [9.17, 15) is 9.59 Å². The Balaban J connectivity index is 1.90. The number of carbonyl (C=O) groups excluding carboxylic acids is 2. The minimum Gasteiger partial charge on any atom is -0.464 e. The summed E-state index contributed by atoms with van der Waals surface area (Å²) in [6, 6.07) is 12.3. The van der Waals surface area contributed by atoms with Crippen LogP contribution < -0.4 is 5.32 Å². The van der Waals surface area contributed by atoms with Gasteiger partial charge in [-0.15, -0.1) is 5.10 Å². The summed E-state index contributed by atoms with van der Waals surface area (Å²) >= 11 is 0. The van der Waals surface area contributed by atoms with Crippen molar-refractivity contribution in [3.05, 3.63) is 65.7 Å². The van der Waals surface area contributed by atoms with Crippen LogP contribution in [-0.2, 0) is 4.74 Å². The van der Waals surface area contributed by atoms with Crippen LogP contribution in [0.5, 0.6) is 0 Å². The third-order valence-electron chi connectivity index (χ3n) is 3.41. The molecule has 0 aliphatic carbocycles. The van der Waals surface area contributed by atoms with E-state index in [1.807, 2.05) is 13.0 Å². The van der Waals surface area contributed by atoms with E-state index >= 15 is 0 Å². The monoisotopic (exact) mass is 337 g/mol. The van der Waals surface area contributed by atoms with Crippen LogP contribution in [0.4, 0.5) is 5.69 Å². The van der Waals surface area contributed by atoms with Crippen molar-refractivity contribution in [2.24, 2.45) is 0 Å².